The summed E-state index contributed by atoms with van der Waals surface area (Å²) in [6.07, 6.45) is 0.545. The normalized spacial score (nSPS) is 11.4. The smallest absolute Gasteiger partial charge is 0.272 e. The van der Waals surface area contributed by atoms with Crippen LogP contribution < -0.4 is 5.56 Å². The molecule has 0 aliphatic rings. The Hall–Kier alpha value is -2.56. The summed E-state index contributed by atoms with van der Waals surface area (Å²) in [5.41, 5.74) is -3.69. The quantitative estimate of drug-likeness (QED) is 0.619. The molecular weight excluding hydrogens is 295 g/mol. The second kappa shape index (κ2) is 5.09. The fourth-order valence-electron chi connectivity index (χ4n) is 1.79. The predicted octanol–water partition coefficient (Wildman–Crippen LogP) is 2.57. The molecule has 0 radical (unpaired) electrons. The summed E-state index contributed by atoms with van der Waals surface area (Å²) >= 11 is 0. The van der Waals surface area contributed by atoms with Gasteiger partial charge in [0, 0.05) is 12.3 Å². The van der Waals surface area contributed by atoms with E-state index in [2.05, 4.69) is 0 Å². The van der Waals surface area contributed by atoms with Crippen LogP contribution in [0, 0.1) is 24.0 Å². The number of benzene rings is 1. The number of hydrogen-bond donors (Lipinski definition) is 0. The van der Waals surface area contributed by atoms with Crippen LogP contribution in [0.15, 0.2) is 29.2 Å². The Kier molecular flexibility index (Phi) is 3.60. The van der Waals surface area contributed by atoms with Gasteiger partial charge in [0.05, 0.1) is 6.54 Å². The lowest BCUT2D eigenvalue weighted by Crippen LogP contribution is -2.26. The Balaban J connectivity index is 2.79. The van der Waals surface area contributed by atoms with Crippen molar-refractivity contribution in [3.8, 4) is 18.0 Å². The van der Waals surface area contributed by atoms with Crippen molar-refractivity contribution in [3.63, 3.8) is 0 Å². The van der Waals surface area contributed by atoms with E-state index < -0.39 is 41.2 Å². The molecule has 1 aromatic heterocycles. The zero-order chi connectivity index (χ0) is 15.8. The SMILES string of the molecule is C#CCn1cc(C(F)(F)F)c(=O)n1-c1cc(F)ccc1F. The molecule has 0 amide bonds. The fraction of sp³-hybridized carbons (Fsp3) is 0.154. The maximum atomic E-state index is 13.7. The van der Waals surface area contributed by atoms with Gasteiger partial charge in [0.1, 0.15) is 22.9 Å². The molecular formula is C13H7F5N2O. The highest BCUT2D eigenvalue weighted by molar-refractivity contribution is 5.34. The molecule has 1 heterocycles. The highest BCUT2D eigenvalue weighted by Gasteiger charge is 2.37. The first kappa shape index (κ1) is 14.8. The van der Waals surface area contributed by atoms with E-state index >= 15 is 0 Å². The van der Waals surface area contributed by atoms with Gasteiger partial charge in [-0.2, -0.15) is 13.2 Å². The van der Waals surface area contributed by atoms with Gasteiger partial charge in [-0.1, -0.05) is 5.92 Å². The minimum absolute atomic E-state index is 0.362. The van der Waals surface area contributed by atoms with Crippen molar-refractivity contribution in [3.05, 3.63) is 51.9 Å². The van der Waals surface area contributed by atoms with Gasteiger partial charge in [-0.25, -0.2) is 13.5 Å². The molecule has 0 N–H and O–H groups in total. The molecule has 0 aliphatic carbocycles. The van der Waals surface area contributed by atoms with Crippen LogP contribution in [0.5, 0.6) is 0 Å². The second-order valence-electron chi connectivity index (χ2n) is 4.05. The van der Waals surface area contributed by atoms with Crippen molar-refractivity contribution in [2.75, 3.05) is 0 Å². The van der Waals surface area contributed by atoms with E-state index in [0.29, 0.717) is 27.7 Å². The first-order chi connectivity index (χ1) is 9.75. The molecule has 3 nitrogen and oxygen atoms in total. The maximum absolute atomic E-state index is 13.7. The molecule has 0 bridgehead atoms. The molecule has 0 aliphatic heterocycles. The van der Waals surface area contributed by atoms with Crippen LogP contribution in [0.2, 0.25) is 0 Å². The van der Waals surface area contributed by atoms with E-state index in [1.807, 2.05) is 5.92 Å². The molecule has 2 rings (SSSR count). The largest absolute Gasteiger partial charge is 0.423 e. The Morgan fingerprint density at radius 1 is 1.24 bits per heavy atom. The van der Waals surface area contributed by atoms with Crippen LogP contribution in [0.4, 0.5) is 22.0 Å². The summed E-state index contributed by atoms with van der Waals surface area (Å²) in [4.78, 5) is 11.8. The van der Waals surface area contributed by atoms with Gasteiger partial charge in [0.2, 0.25) is 0 Å². The van der Waals surface area contributed by atoms with Crippen molar-refractivity contribution in [2.45, 2.75) is 12.7 Å². The average molecular weight is 302 g/mol. The third-order valence-electron chi connectivity index (χ3n) is 2.65. The Morgan fingerprint density at radius 2 is 1.90 bits per heavy atom. The zero-order valence-corrected chi connectivity index (χ0v) is 10.3. The minimum Gasteiger partial charge on any atom is -0.272 e. The topological polar surface area (TPSA) is 26.9 Å². The lowest BCUT2D eigenvalue weighted by atomic mass is 10.3. The molecule has 2 aromatic rings. The van der Waals surface area contributed by atoms with Crippen LogP contribution in [-0.2, 0) is 12.7 Å². The van der Waals surface area contributed by atoms with Gasteiger partial charge >= 0.3 is 6.18 Å². The Morgan fingerprint density at radius 3 is 2.48 bits per heavy atom. The number of nitrogens with zero attached hydrogens (tertiary/aromatic N) is 2. The lowest BCUT2D eigenvalue weighted by Gasteiger charge is -2.09. The second-order valence-corrected chi connectivity index (χ2v) is 4.05. The number of alkyl halides is 3. The van der Waals surface area contributed by atoms with Crippen LogP contribution in [0.3, 0.4) is 0 Å². The lowest BCUT2D eigenvalue weighted by molar-refractivity contribution is -0.138. The standard InChI is InChI=1S/C13H7F5N2O/c1-2-5-19-7-9(13(16,17)18)12(21)20(19)11-6-8(14)3-4-10(11)15/h1,3-4,6-7H,5H2. The van der Waals surface area contributed by atoms with Crippen molar-refractivity contribution < 1.29 is 22.0 Å². The molecule has 0 unspecified atom stereocenters. The minimum atomic E-state index is -4.93. The Labute approximate surface area is 115 Å². The Bertz CT molecular complexity index is 779. The molecule has 0 saturated carbocycles. The zero-order valence-electron chi connectivity index (χ0n) is 10.3. The van der Waals surface area contributed by atoms with Crippen molar-refractivity contribution in [2.24, 2.45) is 0 Å². The molecule has 0 saturated heterocycles. The van der Waals surface area contributed by atoms with Crippen molar-refractivity contribution in [1.29, 1.82) is 0 Å². The summed E-state index contributed by atoms with van der Waals surface area (Å²) in [6, 6.07) is 2.10. The first-order valence-corrected chi connectivity index (χ1v) is 5.54. The van der Waals surface area contributed by atoms with Crippen LogP contribution in [-0.4, -0.2) is 9.36 Å². The predicted molar refractivity (Wildman–Crippen MR) is 63.8 cm³/mol. The molecule has 0 fully saturated rings. The summed E-state index contributed by atoms with van der Waals surface area (Å²) in [5.74, 6) is 0.0852. The summed E-state index contributed by atoms with van der Waals surface area (Å²) in [6.45, 7) is -0.415. The van der Waals surface area contributed by atoms with E-state index in [4.69, 9.17) is 6.42 Å². The number of rotatable bonds is 2. The summed E-state index contributed by atoms with van der Waals surface area (Å²) in [7, 11) is 0. The molecule has 1 aromatic carbocycles. The van der Waals surface area contributed by atoms with E-state index in [0.717, 1.165) is 6.07 Å². The van der Waals surface area contributed by atoms with Gasteiger partial charge in [-0.05, 0) is 12.1 Å². The van der Waals surface area contributed by atoms with Gasteiger partial charge < -0.3 is 0 Å². The van der Waals surface area contributed by atoms with E-state index in [-0.39, 0.29) is 0 Å². The first-order valence-electron chi connectivity index (χ1n) is 5.54. The third kappa shape index (κ3) is 2.67. The summed E-state index contributed by atoms with van der Waals surface area (Å²) < 4.78 is 66.1. The van der Waals surface area contributed by atoms with Crippen molar-refractivity contribution in [1.82, 2.24) is 9.36 Å². The van der Waals surface area contributed by atoms with E-state index in [1.54, 1.807) is 0 Å². The van der Waals surface area contributed by atoms with Gasteiger partial charge in [0.25, 0.3) is 5.56 Å². The van der Waals surface area contributed by atoms with Gasteiger partial charge in [-0.15, -0.1) is 6.42 Å². The average Bonchev–Trinajstić information content (AvgIpc) is 2.70. The number of aromatic nitrogens is 2. The molecule has 0 spiro atoms. The van der Waals surface area contributed by atoms with Crippen LogP contribution in [0.1, 0.15) is 5.56 Å². The highest BCUT2D eigenvalue weighted by atomic mass is 19.4. The third-order valence-corrected chi connectivity index (χ3v) is 2.65. The van der Waals surface area contributed by atoms with Gasteiger partial charge in [-0.3, -0.25) is 9.48 Å². The fourth-order valence-corrected chi connectivity index (χ4v) is 1.79. The van der Waals surface area contributed by atoms with Gasteiger partial charge in [0.15, 0.2) is 0 Å². The molecule has 0 atom stereocenters. The van der Waals surface area contributed by atoms with Crippen LogP contribution >= 0.6 is 0 Å². The van der Waals surface area contributed by atoms with E-state index in [1.165, 1.54) is 0 Å². The summed E-state index contributed by atoms with van der Waals surface area (Å²) in [5, 5.41) is 0. The van der Waals surface area contributed by atoms with E-state index in [9.17, 15) is 26.7 Å². The van der Waals surface area contributed by atoms with Crippen LogP contribution in [0.25, 0.3) is 5.69 Å². The molecule has 8 heteroatoms. The highest BCUT2D eigenvalue weighted by Crippen LogP contribution is 2.27. The molecule has 21 heavy (non-hydrogen) atoms. The monoisotopic (exact) mass is 302 g/mol. The van der Waals surface area contributed by atoms with Crippen molar-refractivity contribution >= 4 is 0 Å². The molecule has 110 valence electrons. The number of terminal acetylenes is 1. The number of hydrogen-bond acceptors (Lipinski definition) is 1. The maximum Gasteiger partial charge on any atom is 0.423 e. The number of halogens is 5.